The first-order valence-corrected chi connectivity index (χ1v) is 6.93. The van der Waals surface area contributed by atoms with E-state index in [1.54, 1.807) is 11.3 Å². The van der Waals surface area contributed by atoms with Crippen molar-refractivity contribution < 1.29 is 0 Å². The molecule has 0 aliphatic heterocycles. The van der Waals surface area contributed by atoms with Crippen molar-refractivity contribution in [1.29, 1.82) is 0 Å². The number of nitrogens with zero attached hydrogens (tertiary/aromatic N) is 2. The summed E-state index contributed by atoms with van der Waals surface area (Å²) in [5.74, 6) is 0. The maximum Gasteiger partial charge on any atom is 0.0953 e. The van der Waals surface area contributed by atoms with Crippen molar-refractivity contribution >= 4 is 22.9 Å². The van der Waals surface area contributed by atoms with Gasteiger partial charge < -0.3 is 9.88 Å². The summed E-state index contributed by atoms with van der Waals surface area (Å²) in [6, 6.07) is 3.99. The van der Waals surface area contributed by atoms with Gasteiger partial charge in [-0.25, -0.2) is 4.98 Å². The molecule has 3 nitrogen and oxygen atoms in total. The molecule has 0 saturated carbocycles. The van der Waals surface area contributed by atoms with Crippen LogP contribution in [0.5, 0.6) is 0 Å². The Bertz CT molecular complexity index is 464. The molecular weight excluding hydrogens is 254 g/mol. The normalized spacial score (nSPS) is 10.9. The third kappa shape index (κ3) is 3.84. The molecule has 0 saturated heterocycles. The van der Waals surface area contributed by atoms with E-state index >= 15 is 0 Å². The van der Waals surface area contributed by atoms with Gasteiger partial charge in [-0.3, -0.25) is 0 Å². The van der Waals surface area contributed by atoms with Crippen LogP contribution in [0.25, 0.3) is 0 Å². The van der Waals surface area contributed by atoms with E-state index in [0.29, 0.717) is 0 Å². The number of nitrogens with one attached hydrogen (secondary N) is 1. The molecule has 0 radical (unpaired) electrons. The summed E-state index contributed by atoms with van der Waals surface area (Å²) in [6.45, 7) is 4.88. The molecule has 0 aliphatic rings. The zero-order valence-electron chi connectivity index (χ0n) is 9.82. The van der Waals surface area contributed by atoms with Gasteiger partial charge in [-0.1, -0.05) is 18.5 Å². The Hall–Kier alpha value is -0.840. The molecule has 92 valence electrons. The quantitative estimate of drug-likeness (QED) is 0.817. The fourth-order valence-corrected chi connectivity index (χ4v) is 2.69. The van der Waals surface area contributed by atoms with Crippen LogP contribution in [0.3, 0.4) is 0 Å². The molecule has 0 amide bonds. The first kappa shape index (κ1) is 12.6. The average molecular weight is 270 g/mol. The Balaban J connectivity index is 1.89. The Labute approximate surface area is 110 Å². The van der Waals surface area contributed by atoms with Crippen LogP contribution >= 0.6 is 22.9 Å². The number of hydrogen-bond acceptors (Lipinski definition) is 3. The van der Waals surface area contributed by atoms with Gasteiger partial charge in [-0.15, -0.1) is 11.3 Å². The standard InChI is InChI=1S/C12H16ClN3S/c1-2-5-14-6-10-7-16(9-15-10)8-11-3-4-12(13)17-11/h3-4,7,9,14H,2,5-6,8H2,1H3. The molecule has 0 unspecified atom stereocenters. The predicted molar refractivity (Wildman–Crippen MR) is 72.7 cm³/mol. The number of halogens is 1. The zero-order valence-corrected chi connectivity index (χ0v) is 11.4. The molecule has 2 aromatic rings. The summed E-state index contributed by atoms with van der Waals surface area (Å²) in [7, 11) is 0. The van der Waals surface area contributed by atoms with E-state index in [-0.39, 0.29) is 0 Å². The van der Waals surface area contributed by atoms with Crippen molar-refractivity contribution in [1.82, 2.24) is 14.9 Å². The number of imidazole rings is 1. The van der Waals surface area contributed by atoms with Gasteiger partial charge >= 0.3 is 0 Å². The highest BCUT2D eigenvalue weighted by atomic mass is 35.5. The Morgan fingerprint density at radius 2 is 2.35 bits per heavy atom. The predicted octanol–water partition coefficient (Wildman–Crippen LogP) is 3.15. The van der Waals surface area contributed by atoms with Crippen LogP contribution in [0.1, 0.15) is 23.9 Å². The Kier molecular flexibility index (Phi) is 4.59. The van der Waals surface area contributed by atoms with Gasteiger partial charge in [0.1, 0.15) is 0 Å². The maximum absolute atomic E-state index is 5.90. The fraction of sp³-hybridized carbons (Fsp3) is 0.417. The third-order valence-electron chi connectivity index (χ3n) is 2.39. The maximum atomic E-state index is 5.90. The second-order valence-corrected chi connectivity index (χ2v) is 5.72. The average Bonchev–Trinajstić information content (AvgIpc) is 2.90. The monoisotopic (exact) mass is 269 g/mol. The fourth-order valence-electron chi connectivity index (χ4n) is 1.59. The highest BCUT2D eigenvalue weighted by Crippen LogP contribution is 2.22. The molecule has 0 atom stereocenters. The molecule has 2 rings (SSSR count). The summed E-state index contributed by atoms with van der Waals surface area (Å²) in [4.78, 5) is 5.61. The van der Waals surface area contributed by atoms with Crippen LogP contribution < -0.4 is 5.32 Å². The smallest absolute Gasteiger partial charge is 0.0953 e. The first-order valence-electron chi connectivity index (χ1n) is 5.73. The van der Waals surface area contributed by atoms with Gasteiger partial charge in [-0.05, 0) is 25.1 Å². The van der Waals surface area contributed by atoms with Gasteiger partial charge in [0.05, 0.1) is 22.9 Å². The molecule has 0 aliphatic carbocycles. The van der Waals surface area contributed by atoms with E-state index in [1.807, 2.05) is 12.4 Å². The van der Waals surface area contributed by atoms with Gasteiger partial charge in [-0.2, -0.15) is 0 Å². The van der Waals surface area contributed by atoms with E-state index in [1.165, 1.54) is 4.88 Å². The minimum Gasteiger partial charge on any atom is -0.332 e. The van der Waals surface area contributed by atoms with Crippen LogP contribution in [0, 0.1) is 0 Å². The molecule has 2 heterocycles. The van der Waals surface area contributed by atoms with Crippen LogP contribution in [-0.2, 0) is 13.1 Å². The van der Waals surface area contributed by atoms with Crippen molar-refractivity contribution in [3.8, 4) is 0 Å². The lowest BCUT2D eigenvalue weighted by atomic mass is 10.4. The van der Waals surface area contributed by atoms with Crippen LogP contribution in [-0.4, -0.2) is 16.1 Å². The molecule has 0 bridgehead atoms. The van der Waals surface area contributed by atoms with Crippen molar-refractivity contribution in [3.05, 3.63) is 39.6 Å². The summed E-state index contributed by atoms with van der Waals surface area (Å²) in [6.07, 6.45) is 5.10. The number of aromatic nitrogens is 2. The molecule has 0 aromatic carbocycles. The lowest BCUT2D eigenvalue weighted by molar-refractivity contribution is 0.665. The third-order valence-corrected chi connectivity index (χ3v) is 3.60. The largest absolute Gasteiger partial charge is 0.332 e. The second kappa shape index (κ2) is 6.19. The first-order chi connectivity index (χ1) is 8.28. The summed E-state index contributed by atoms with van der Waals surface area (Å²) in [5.41, 5.74) is 1.08. The van der Waals surface area contributed by atoms with Gasteiger partial charge in [0.25, 0.3) is 0 Å². The lowest BCUT2D eigenvalue weighted by Crippen LogP contribution is -2.13. The number of thiophene rings is 1. The van der Waals surface area contributed by atoms with Crippen molar-refractivity contribution in [2.24, 2.45) is 0 Å². The van der Waals surface area contributed by atoms with Crippen LogP contribution in [0.2, 0.25) is 4.34 Å². The lowest BCUT2D eigenvalue weighted by Gasteiger charge is -1.99. The number of hydrogen-bond donors (Lipinski definition) is 1. The zero-order chi connectivity index (χ0) is 12.1. The van der Waals surface area contributed by atoms with E-state index < -0.39 is 0 Å². The Morgan fingerprint density at radius 3 is 3.06 bits per heavy atom. The SMILES string of the molecule is CCCNCc1cn(Cc2ccc(Cl)s2)cn1. The minimum atomic E-state index is 0.838. The van der Waals surface area contributed by atoms with Crippen molar-refractivity contribution in [2.75, 3.05) is 6.54 Å². The summed E-state index contributed by atoms with van der Waals surface area (Å²) in [5, 5.41) is 3.34. The van der Waals surface area contributed by atoms with Gasteiger partial charge in [0, 0.05) is 17.6 Å². The van der Waals surface area contributed by atoms with Crippen LogP contribution in [0.15, 0.2) is 24.7 Å². The highest BCUT2D eigenvalue weighted by molar-refractivity contribution is 7.16. The van der Waals surface area contributed by atoms with E-state index in [9.17, 15) is 0 Å². The molecule has 2 aromatic heterocycles. The topological polar surface area (TPSA) is 29.9 Å². The van der Waals surface area contributed by atoms with E-state index in [0.717, 1.165) is 36.1 Å². The Morgan fingerprint density at radius 1 is 1.47 bits per heavy atom. The number of rotatable bonds is 6. The molecular formula is C12H16ClN3S. The van der Waals surface area contributed by atoms with E-state index in [2.05, 4.69) is 34.1 Å². The molecule has 1 N–H and O–H groups in total. The van der Waals surface area contributed by atoms with Crippen molar-refractivity contribution in [3.63, 3.8) is 0 Å². The van der Waals surface area contributed by atoms with Gasteiger partial charge in [0.2, 0.25) is 0 Å². The second-order valence-electron chi connectivity index (χ2n) is 3.92. The molecule has 0 spiro atoms. The summed E-state index contributed by atoms with van der Waals surface area (Å²) >= 11 is 7.51. The molecule has 17 heavy (non-hydrogen) atoms. The minimum absolute atomic E-state index is 0.838. The molecule has 0 fully saturated rings. The highest BCUT2D eigenvalue weighted by Gasteiger charge is 2.01. The van der Waals surface area contributed by atoms with E-state index in [4.69, 9.17) is 11.6 Å². The van der Waals surface area contributed by atoms with Crippen LogP contribution in [0.4, 0.5) is 0 Å². The van der Waals surface area contributed by atoms with Crippen molar-refractivity contribution in [2.45, 2.75) is 26.4 Å². The summed E-state index contributed by atoms with van der Waals surface area (Å²) < 4.78 is 2.93. The molecule has 5 heteroatoms. The van der Waals surface area contributed by atoms with Gasteiger partial charge in [0.15, 0.2) is 0 Å².